The Hall–Kier alpha value is -0.710. The molecule has 1 aliphatic rings. The van der Waals surface area contributed by atoms with Crippen molar-refractivity contribution in [3.8, 4) is 0 Å². The van der Waals surface area contributed by atoms with Gasteiger partial charge in [0.15, 0.2) is 0 Å². The van der Waals surface area contributed by atoms with E-state index >= 15 is 0 Å². The fraction of sp³-hybridized carbons (Fsp3) is 0.857. The molecule has 3 nitrogen and oxygen atoms in total. The van der Waals surface area contributed by atoms with Crippen LogP contribution in [0.2, 0.25) is 0 Å². The number of hydroxylamine groups is 1. The number of halogens is 2. The number of hydrogen-bond acceptors (Lipinski definition) is 2. The van der Waals surface area contributed by atoms with Gasteiger partial charge in [0.25, 0.3) is 0 Å². The first-order chi connectivity index (χ1) is 5.55. The molecule has 0 aliphatic heterocycles. The van der Waals surface area contributed by atoms with Gasteiger partial charge in [0, 0.05) is 18.8 Å². The van der Waals surface area contributed by atoms with Crippen LogP contribution in [0.4, 0.5) is 8.78 Å². The standard InChI is InChI=1S/C7H12F2N2O/c8-7(9)3-1-5(2-4-7)6(10)11-12/h5,12H,1-4H2,(H2,10,11). The summed E-state index contributed by atoms with van der Waals surface area (Å²) in [6.07, 6.45) is 0.197. The Balaban J connectivity index is 2.41. The first kappa shape index (κ1) is 9.38. The van der Waals surface area contributed by atoms with Gasteiger partial charge in [0.05, 0.1) is 0 Å². The summed E-state index contributed by atoms with van der Waals surface area (Å²) in [7, 11) is 0. The van der Waals surface area contributed by atoms with Gasteiger partial charge in [-0.1, -0.05) is 0 Å². The Kier molecular flexibility index (Phi) is 2.62. The van der Waals surface area contributed by atoms with Crippen LogP contribution in [-0.2, 0) is 0 Å². The van der Waals surface area contributed by atoms with Crippen molar-refractivity contribution in [2.24, 2.45) is 5.92 Å². The minimum absolute atomic E-state index is 0.0505. The highest BCUT2D eigenvalue weighted by atomic mass is 19.3. The van der Waals surface area contributed by atoms with Gasteiger partial charge < -0.3 is 0 Å². The molecule has 3 N–H and O–H groups in total. The predicted molar refractivity (Wildman–Crippen MR) is 39.6 cm³/mol. The molecule has 0 atom stereocenters. The largest absolute Gasteiger partial charge is 0.290 e. The monoisotopic (exact) mass is 178 g/mol. The van der Waals surface area contributed by atoms with E-state index in [2.05, 4.69) is 0 Å². The van der Waals surface area contributed by atoms with E-state index in [1.807, 2.05) is 0 Å². The van der Waals surface area contributed by atoms with E-state index in [1.165, 1.54) is 0 Å². The van der Waals surface area contributed by atoms with Crippen LogP contribution in [-0.4, -0.2) is 17.0 Å². The average Bonchev–Trinajstić information content (AvgIpc) is 2.03. The van der Waals surface area contributed by atoms with E-state index in [9.17, 15) is 8.78 Å². The molecule has 0 unspecified atom stereocenters. The third-order valence-electron chi connectivity index (χ3n) is 2.25. The van der Waals surface area contributed by atoms with Crippen molar-refractivity contribution in [3.05, 3.63) is 0 Å². The van der Waals surface area contributed by atoms with Gasteiger partial charge in [-0.25, -0.2) is 8.78 Å². The van der Waals surface area contributed by atoms with Crippen LogP contribution in [0, 0.1) is 11.3 Å². The molecule has 12 heavy (non-hydrogen) atoms. The zero-order chi connectivity index (χ0) is 9.19. The molecule has 0 aromatic rings. The van der Waals surface area contributed by atoms with Crippen LogP contribution < -0.4 is 5.48 Å². The summed E-state index contributed by atoms with van der Waals surface area (Å²) in [6.45, 7) is 0. The van der Waals surface area contributed by atoms with Crippen LogP contribution in [0.1, 0.15) is 25.7 Å². The van der Waals surface area contributed by atoms with Gasteiger partial charge in [-0.05, 0) is 12.8 Å². The molecule has 1 saturated carbocycles. The summed E-state index contributed by atoms with van der Waals surface area (Å²) in [5, 5.41) is 15.5. The number of nitrogens with one attached hydrogen (secondary N) is 2. The second kappa shape index (κ2) is 3.35. The van der Waals surface area contributed by atoms with E-state index in [0.717, 1.165) is 0 Å². The highest BCUT2D eigenvalue weighted by Crippen LogP contribution is 2.35. The first-order valence-corrected chi connectivity index (χ1v) is 3.91. The summed E-state index contributed by atoms with van der Waals surface area (Å²) in [5.74, 6) is -2.84. The van der Waals surface area contributed by atoms with Crippen molar-refractivity contribution in [2.45, 2.75) is 31.6 Å². The molecule has 0 saturated heterocycles. The quantitative estimate of drug-likeness (QED) is 0.325. The van der Waals surface area contributed by atoms with Crippen LogP contribution in [0.25, 0.3) is 0 Å². The van der Waals surface area contributed by atoms with Crippen LogP contribution >= 0.6 is 0 Å². The van der Waals surface area contributed by atoms with Gasteiger partial charge in [0.1, 0.15) is 5.84 Å². The van der Waals surface area contributed by atoms with Crippen LogP contribution in [0.3, 0.4) is 0 Å². The Labute approximate surface area is 69.2 Å². The van der Waals surface area contributed by atoms with Crippen LogP contribution in [0.15, 0.2) is 0 Å². The molecule has 0 bridgehead atoms. The maximum absolute atomic E-state index is 12.6. The number of alkyl halides is 2. The van der Waals surface area contributed by atoms with Crippen molar-refractivity contribution < 1.29 is 14.0 Å². The average molecular weight is 178 g/mol. The molecular formula is C7H12F2N2O. The molecule has 0 radical (unpaired) electrons. The maximum atomic E-state index is 12.6. The molecule has 0 aromatic heterocycles. The fourth-order valence-electron chi connectivity index (χ4n) is 1.42. The summed E-state index contributed by atoms with van der Waals surface area (Å²) in [4.78, 5) is 0. The minimum atomic E-state index is -2.56. The van der Waals surface area contributed by atoms with E-state index in [0.29, 0.717) is 0 Å². The highest BCUT2D eigenvalue weighted by molar-refractivity contribution is 5.80. The van der Waals surface area contributed by atoms with Crippen molar-refractivity contribution in [2.75, 3.05) is 0 Å². The third-order valence-corrected chi connectivity index (χ3v) is 2.25. The summed E-state index contributed by atoms with van der Waals surface area (Å²) >= 11 is 0. The molecule has 5 heteroatoms. The van der Waals surface area contributed by atoms with Gasteiger partial charge in [-0.3, -0.25) is 16.1 Å². The van der Waals surface area contributed by atoms with Crippen LogP contribution in [0.5, 0.6) is 0 Å². The number of hydrogen-bond donors (Lipinski definition) is 3. The Morgan fingerprint density at radius 2 is 1.92 bits per heavy atom. The molecular weight excluding hydrogens is 166 g/mol. The smallest absolute Gasteiger partial charge is 0.248 e. The molecule has 1 rings (SSSR count). The topological polar surface area (TPSA) is 56.1 Å². The Morgan fingerprint density at radius 3 is 2.33 bits per heavy atom. The van der Waals surface area contributed by atoms with E-state index in [1.54, 1.807) is 5.48 Å². The Bertz CT molecular complexity index is 174. The molecule has 0 heterocycles. The summed E-state index contributed by atoms with van der Waals surface area (Å²) < 4.78 is 25.2. The van der Waals surface area contributed by atoms with E-state index < -0.39 is 5.92 Å². The van der Waals surface area contributed by atoms with Crippen molar-refractivity contribution in [3.63, 3.8) is 0 Å². The maximum Gasteiger partial charge on any atom is 0.248 e. The normalized spacial score (nSPS) is 23.6. The first-order valence-electron chi connectivity index (χ1n) is 3.91. The molecule has 1 fully saturated rings. The SMILES string of the molecule is N=C(NO)C1CCC(F)(F)CC1. The van der Waals surface area contributed by atoms with Gasteiger partial charge >= 0.3 is 0 Å². The second-order valence-electron chi connectivity index (χ2n) is 3.16. The molecule has 70 valence electrons. The minimum Gasteiger partial charge on any atom is -0.290 e. The lowest BCUT2D eigenvalue weighted by Crippen LogP contribution is -2.33. The van der Waals surface area contributed by atoms with Crippen molar-refractivity contribution in [1.82, 2.24) is 5.48 Å². The zero-order valence-corrected chi connectivity index (χ0v) is 6.61. The lowest BCUT2D eigenvalue weighted by Gasteiger charge is -2.27. The second-order valence-corrected chi connectivity index (χ2v) is 3.16. The predicted octanol–water partition coefficient (Wildman–Crippen LogP) is 1.77. The highest BCUT2D eigenvalue weighted by Gasteiger charge is 2.36. The lowest BCUT2D eigenvalue weighted by molar-refractivity contribution is -0.0402. The molecule has 1 aliphatic carbocycles. The van der Waals surface area contributed by atoms with Gasteiger partial charge in [-0.2, -0.15) is 0 Å². The number of rotatable bonds is 1. The lowest BCUT2D eigenvalue weighted by atomic mass is 9.86. The zero-order valence-electron chi connectivity index (χ0n) is 6.61. The molecule has 0 spiro atoms. The fourth-order valence-corrected chi connectivity index (χ4v) is 1.42. The van der Waals surface area contributed by atoms with E-state index in [4.69, 9.17) is 10.6 Å². The summed E-state index contributed by atoms with van der Waals surface area (Å²) in [5.41, 5.74) is 1.70. The van der Waals surface area contributed by atoms with E-state index in [-0.39, 0.29) is 37.4 Å². The van der Waals surface area contributed by atoms with Gasteiger partial charge in [-0.15, -0.1) is 0 Å². The van der Waals surface area contributed by atoms with Gasteiger partial charge in [0.2, 0.25) is 5.92 Å². The molecule has 0 aromatic carbocycles. The Morgan fingerprint density at radius 1 is 1.42 bits per heavy atom. The summed E-state index contributed by atoms with van der Waals surface area (Å²) in [6, 6.07) is 0. The van der Waals surface area contributed by atoms with Crippen molar-refractivity contribution >= 4 is 5.84 Å². The molecule has 0 amide bonds. The van der Waals surface area contributed by atoms with Crippen molar-refractivity contribution in [1.29, 1.82) is 5.41 Å². The third kappa shape index (κ3) is 2.14. The number of amidine groups is 1.